The van der Waals surface area contributed by atoms with Crippen molar-refractivity contribution in [2.75, 3.05) is 0 Å². The predicted octanol–water partition coefficient (Wildman–Crippen LogP) is 0.804. The van der Waals surface area contributed by atoms with Gasteiger partial charge in [0.15, 0.2) is 5.17 Å². The Balaban J connectivity index is 2.76. The summed E-state index contributed by atoms with van der Waals surface area (Å²) in [4.78, 5) is 0. The van der Waals surface area contributed by atoms with Gasteiger partial charge in [-0.3, -0.25) is 4.68 Å². The standard InChI is InChI=1S/C7H12ClN5S/c1-4-6(8)5(13(2)12-4)3-14-7(9)11-10/h3,10H2,1-2H3,(H2,9,11). The molecule has 0 saturated carbocycles. The molecule has 0 amide bonds. The Kier molecular flexibility index (Phi) is 3.65. The summed E-state index contributed by atoms with van der Waals surface area (Å²) in [7, 11) is 1.84. The molecule has 4 N–H and O–H groups in total. The molecule has 0 aliphatic carbocycles. The molecular formula is C7H12ClN5S. The highest BCUT2D eigenvalue weighted by Gasteiger charge is 2.11. The molecule has 0 aliphatic heterocycles. The van der Waals surface area contributed by atoms with Gasteiger partial charge in [0, 0.05) is 12.8 Å². The van der Waals surface area contributed by atoms with E-state index in [1.165, 1.54) is 11.8 Å². The number of amidine groups is 1. The number of aryl methyl sites for hydroxylation is 2. The Morgan fingerprint density at radius 2 is 2.36 bits per heavy atom. The number of nitrogens with two attached hydrogens (primary N) is 2. The Labute approximate surface area is 91.5 Å². The van der Waals surface area contributed by atoms with Gasteiger partial charge < -0.3 is 11.6 Å². The molecule has 0 spiro atoms. The van der Waals surface area contributed by atoms with Crippen molar-refractivity contribution in [2.45, 2.75) is 12.7 Å². The second-order valence-electron chi connectivity index (χ2n) is 2.73. The first-order chi connectivity index (χ1) is 6.56. The predicted molar refractivity (Wildman–Crippen MR) is 60.1 cm³/mol. The van der Waals surface area contributed by atoms with Gasteiger partial charge in [0.1, 0.15) is 0 Å². The van der Waals surface area contributed by atoms with Crippen molar-refractivity contribution in [3.8, 4) is 0 Å². The monoisotopic (exact) mass is 233 g/mol. The van der Waals surface area contributed by atoms with Crippen LogP contribution in [-0.2, 0) is 12.8 Å². The second kappa shape index (κ2) is 4.56. The van der Waals surface area contributed by atoms with Crippen LogP contribution in [0.25, 0.3) is 0 Å². The maximum atomic E-state index is 6.03. The van der Waals surface area contributed by atoms with E-state index in [2.05, 4.69) is 10.2 Å². The molecule has 7 heteroatoms. The molecule has 1 aromatic heterocycles. The van der Waals surface area contributed by atoms with Crippen LogP contribution in [0.1, 0.15) is 11.4 Å². The largest absolute Gasteiger partial charge is 0.377 e. The molecule has 1 rings (SSSR count). The molecule has 5 nitrogen and oxygen atoms in total. The SMILES string of the molecule is Cc1nn(C)c(CS/C(N)=N/N)c1Cl. The summed E-state index contributed by atoms with van der Waals surface area (Å²) in [6.45, 7) is 1.86. The van der Waals surface area contributed by atoms with Gasteiger partial charge in [0.05, 0.1) is 16.4 Å². The Morgan fingerprint density at radius 3 is 2.79 bits per heavy atom. The van der Waals surface area contributed by atoms with E-state index in [9.17, 15) is 0 Å². The number of hydrogen-bond acceptors (Lipinski definition) is 4. The van der Waals surface area contributed by atoms with Crippen LogP contribution in [0, 0.1) is 6.92 Å². The molecule has 0 atom stereocenters. The number of thioether (sulfide) groups is 1. The van der Waals surface area contributed by atoms with E-state index in [1.807, 2.05) is 14.0 Å². The van der Waals surface area contributed by atoms with Gasteiger partial charge in [-0.2, -0.15) is 10.2 Å². The molecule has 0 aromatic carbocycles. The lowest BCUT2D eigenvalue weighted by Crippen LogP contribution is -2.10. The molecular weight excluding hydrogens is 222 g/mol. The topological polar surface area (TPSA) is 82.2 Å². The third kappa shape index (κ3) is 2.33. The lowest BCUT2D eigenvalue weighted by Gasteiger charge is -2.01. The van der Waals surface area contributed by atoms with E-state index >= 15 is 0 Å². The smallest absolute Gasteiger partial charge is 0.177 e. The fourth-order valence-electron chi connectivity index (χ4n) is 1.02. The third-order valence-electron chi connectivity index (χ3n) is 1.75. The highest BCUT2D eigenvalue weighted by Crippen LogP contribution is 2.23. The van der Waals surface area contributed by atoms with Gasteiger partial charge >= 0.3 is 0 Å². The van der Waals surface area contributed by atoms with Crippen molar-refractivity contribution < 1.29 is 0 Å². The molecule has 0 fully saturated rings. The summed E-state index contributed by atoms with van der Waals surface area (Å²) in [6.07, 6.45) is 0. The maximum absolute atomic E-state index is 6.03. The summed E-state index contributed by atoms with van der Waals surface area (Å²) in [5.74, 6) is 5.62. The lowest BCUT2D eigenvalue weighted by molar-refractivity contribution is 0.728. The van der Waals surface area contributed by atoms with Crippen LogP contribution in [0.3, 0.4) is 0 Å². The average Bonchev–Trinajstić information content (AvgIpc) is 2.39. The number of nitrogens with zero attached hydrogens (tertiary/aromatic N) is 3. The minimum absolute atomic E-state index is 0.333. The summed E-state index contributed by atoms with van der Waals surface area (Å²) in [6, 6.07) is 0. The Bertz CT molecular complexity index is 359. The van der Waals surface area contributed by atoms with Crippen molar-refractivity contribution in [3.63, 3.8) is 0 Å². The molecule has 0 bridgehead atoms. The number of halogens is 1. The second-order valence-corrected chi connectivity index (χ2v) is 4.10. The van der Waals surface area contributed by atoms with Crippen molar-refractivity contribution in [1.29, 1.82) is 0 Å². The van der Waals surface area contributed by atoms with E-state index < -0.39 is 0 Å². The first kappa shape index (κ1) is 11.2. The van der Waals surface area contributed by atoms with Crippen LogP contribution in [0.5, 0.6) is 0 Å². The van der Waals surface area contributed by atoms with E-state index in [4.69, 9.17) is 23.2 Å². The van der Waals surface area contributed by atoms with Gasteiger partial charge in [-0.1, -0.05) is 23.4 Å². The fraction of sp³-hybridized carbons (Fsp3) is 0.429. The summed E-state index contributed by atoms with van der Waals surface area (Å²) in [5.41, 5.74) is 7.17. The minimum atomic E-state index is 0.333. The third-order valence-corrected chi connectivity index (χ3v) is 3.06. The fourth-order valence-corrected chi connectivity index (χ4v) is 2.01. The average molecular weight is 234 g/mol. The summed E-state index contributed by atoms with van der Waals surface area (Å²) >= 11 is 7.36. The summed E-state index contributed by atoms with van der Waals surface area (Å²) in [5, 5.41) is 8.53. The van der Waals surface area contributed by atoms with E-state index in [0.717, 1.165) is 11.4 Å². The van der Waals surface area contributed by atoms with Crippen molar-refractivity contribution in [2.24, 2.45) is 23.7 Å². The zero-order chi connectivity index (χ0) is 10.7. The van der Waals surface area contributed by atoms with E-state index in [0.29, 0.717) is 15.9 Å². The first-order valence-electron chi connectivity index (χ1n) is 3.90. The van der Waals surface area contributed by atoms with Crippen molar-refractivity contribution in [3.05, 3.63) is 16.4 Å². The Morgan fingerprint density at radius 1 is 1.71 bits per heavy atom. The van der Waals surface area contributed by atoms with Crippen molar-refractivity contribution in [1.82, 2.24) is 9.78 Å². The van der Waals surface area contributed by atoms with Crippen LogP contribution in [0.15, 0.2) is 5.10 Å². The number of hydrogen-bond donors (Lipinski definition) is 2. The van der Waals surface area contributed by atoms with Gasteiger partial charge in [-0.05, 0) is 6.92 Å². The molecule has 0 aliphatic rings. The molecule has 14 heavy (non-hydrogen) atoms. The Hall–Kier alpha value is -0.880. The maximum Gasteiger partial charge on any atom is 0.177 e. The molecule has 1 heterocycles. The molecule has 0 unspecified atom stereocenters. The summed E-state index contributed by atoms with van der Waals surface area (Å²) < 4.78 is 1.73. The highest BCUT2D eigenvalue weighted by molar-refractivity contribution is 8.13. The van der Waals surface area contributed by atoms with Crippen molar-refractivity contribution >= 4 is 28.5 Å². The van der Waals surface area contributed by atoms with Crippen LogP contribution in [0.4, 0.5) is 0 Å². The first-order valence-corrected chi connectivity index (χ1v) is 5.26. The van der Waals surface area contributed by atoms with Gasteiger partial charge in [-0.25, -0.2) is 0 Å². The highest BCUT2D eigenvalue weighted by atomic mass is 35.5. The number of aromatic nitrogens is 2. The molecule has 1 aromatic rings. The molecule has 78 valence electrons. The van der Waals surface area contributed by atoms with Gasteiger partial charge in [0.2, 0.25) is 0 Å². The van der Waals surface area contributed by atoms with Crippen LogP contribution >= 0.6 is 23.4 Å². The van der Waals surface area contributed by atoms with Crippen LogP contribution in [-0.4, -0.2) is 14.9 Å². The zero-order valence-corrected chi connectivity index (χ0v) is 9.56. The normalized spacial score (nSPS) is 12.1. The quantitative estimate of drug-likeness (QED) is 0.343. The van der Waals surface area contributed by atoms with Crippen LogP contribution < -0.4 is 11.6 Å². The van der Waals surface area contributed by atoms with Gasteiger partial charge in [0.25, 0.3) is 0 Å². The minimum Gasteiger partial charge on any atom is -0.377 e. The number of hydrazone groups is 1. The zero-order valence-electron chi connectivity index (χ0n) is 7.99. The van der Waals surface area contributed by atoms with E-state index in [1.54, 1.807) is 4.68 Å². The molecule has 0 saturated heterocycles. The lowest BCUT2D eigenvalue weighted by atomic mass is 10.4. The number of rotatable bonds is 2. The van der Waals surface area contributed by atoms with Gasteiger partial charge in [-0.15, -0.1) is 0 Å². The van der Waals surface area contributed by atoms with E-state index in [-0.39, 0.29) is 0 Å². The molecule has 0 radical (unpaired) electrons. The van der Waals surface area contributed by atoms with Crippen LogP contribution in [0.2, 0.25) is 5.02 Å².